The Morgan fingerprint density at radius 3 is 2.00 bits per heavy atom. The Hall–Kier alpha value is 0.177. The lowest BCUT2D eigenvalue weighted by molar-refractivity contribution is 0.104. The van der Waals surface area contributed by atoms with Gasteiger partial charge in [-0.3, -0.25) is 0 Å². The molecule has 6 unspecified atom stereocenters. The molecule has 22 heavy (non-hydrogen) atoms. The summed E-state index contributed by atoms with van der Waals surface area (Å²) in [7, 11) is -1.52. The van der Waals surface area contributed by atoms with Crippen LogP contribution in [0.2, 0.25) is 18.6 Å². The van der Waals surface area contributed by atoms with Gasteiger partial charge in [0.15, 0.2) is 8.32 Å². The molecule has 0 heterocycles. The first kappa shape index (κ1) is 15.7. The smallest absolute Gasteiger partial charge is 0.190 e. The van der Waals surface area contributed by atoms with Crippen LogP contribution in [-0.4, -0.2) is 14.4 Å². The van der Waals surface area contributed by atoms with Crippen molar-refractivity contribution >= 4 is 8.32 Å². The number of rotatable bonds is 3. The minimum Gasteiger partial charge on any atom is -0.414 e. The maximum Gasteiger partial charge on any atom is 0.190 e. The van der Waals surface area contributed by atoms with Crippen molar-refractivity contribution < 1.29 is 4.43 Å². The van der Waals surface area contributed by atoms with Gasteiger partial charge in [-0.15, -0.1) is 0 Å². The normalized spacial score (nSPS) is 45.5. The fraction of sp³-hybridized carbons (Fsp3) is 1.00. The summed E-state index contributed by atoms with van der Waals surface area (Å²) in [6.07, 6.45) is 18.5. The highest BCUT2D eigenvalue weighted by molar-refractivity contribution is 6.72. The third-order valence-electron chi connectivity index (χ3n) is 7.95. The van der Waals surface area contributed by atoms with Crippen molar-refractivity contribution in [1.29, 1.82) is 0 Å². The van der Waals surface area contributed by atoms with Crippen molar-refractivity contribution in [1.82, 2.24) is 0 Å². The maximum absolute atomic E-state index is 7.04. The van der Waals surface area contributed by atoms with E-state index < -0.39 is 8.32 Å². The first-order chi connectivity index (χ1) is 10.6. The summed E-state index contributed by atoms with van der Waals surface area (Å²) in [5, 5.41) is 0. The summed E-state index contributed by atoms with van der Waals surface area (Å²) in [6.45, 7) is 5.15. The first-order valence-corrected chi connectivity index (χ1v) is 13.3. The van der Waals surface area contributed by atoms with Crippen LogP contribution in [0.25, 0.3) is 0 Å². The second kappa shape index (κ2) is 6.24. The first-order valence-electron chi connectivity index (χ1n) is 10.3. The molecule has 2 heteroatoms. The van der Waals surface area contributed by atoms with E-state index in [-0.39, 0.29) is 0 Å². The highest BCUT2D eigenvalue weighted by atomic mass is 28.4. The van der Waals surface area contributed by atoms with Crippen molar-refractivity contribution in [2.45, 2.75) is 102 Å². The van der Waals surface area contributed by atoms with E-state index in [2.05, 4.69) is 13.1 Å². The Labute approximate surface area is 138 Å². The summed E-state index contributed by atoms with van der Waals surface area (Å²) in [5.41, 5.74) is 0.973. The van der Waals surface area contributed by atoms with Crippen molar-refractivity contribution in [3.63, 3.8) is 0 Å². The zero-order valence-electron chi connectivity index (χ0n) is 14.9. The number of hydrogen-bond donors (Lipinski definition) is 0. The summed E-state index contributed by atoms with van der Waals surface area (Å²) in [4.78, 5) is 0. The van der Waals surface area contributed by atoms with Crippen LogP contribution in [-0.2, 0) is 4.43 Å². The highest BCUT2D eigenvalue weighted by Crippen LogP contribution is 2.54. The lowest BCUT2D eigenvalue weighted by Crippen LogP contribution is -2.44. The summed E-state index contributed by atoms with van der Waals surface area (Å²) >= 11 is 0. The molecule has 4 rings (SSSR count). The van der Waals surface area contributed by atoms with Crippen molar-refractivity contribution in [3.05, 3.63) is 0 Å². The number of fused-ring (bicyclic) bond motifs is 2. The average Bonchev–Trinajstić information content (AvgIpc) is 3.12. The van der Waals surface area contributed by atoms with Gasteiger partial charge < -0.3 is 4.43 Å². The van der Waals surface area contributed by atoms with Crippen LogP contribution in [0.5, 0.6) is 0 Å². The van der Waals surface area contributed by atoms with Crippen molar-refractivity contribution in [2.24, 2.45) is 23.7 Å². The second-order valence-corrected chi connectivity index (χ2v) is 13.6. The SMILES string of the molecule is C[Si](C)(OC1CCC2CCCCC21)C1CCC2CCCCC21. The van der Waals surface area contributed by atoms with Gasteiger partial charge in [0.05, 0.1) is 0 Å². The fourth-order valence-corrected chi connectivity index (χ4v) is 10.5. The summed E-state index contributed by atoms with van der Waals surface area (Å²) < 4.78 is 7.04. The average molecular weight is 321 g/mol. The van der Waals surface area contributed by atoms with Crippen LogP contribution in [0, 0.1) is 23.7 Å². The molecule has 4 aliphatic carbocycles. The maximum atomic E-state index is 7.04. The van der Waals surface area contributed by atoms with Crippen LogP contribution in [0.3, 0.4) is 0 Å². The second-order valence-electron chi connectivity index (χ2n) is 9.44. The molecule has 6 atom stereocenters. The van der Waals surface area contributed by atoms with Gasteiger partial charge in [-0.05, 0) is 61.6 Å². The Bertz CT molecular complexity index is 393. The molecule has 0 radical (unpaired) electrons. The molecule has 0 bridgehead atoms. The fourth-order valence-electron chi connectivity index (χ4n) is 6.90. The molecule has 0 aromatic carbocycles. The highest BCUT2D eigenvalue weighted by Gasteiger charge is 2.49. The van der Waals surface area contributed by atoms with Crippen LogP contribution < -0.4 is 0 Å². The number of hydrogen-bond acceptors (Lipinski definition) is 1. The zero-order chi connectivity index (χ0) is 15.2. The van der Waals surface area contributed by atoms with Crippen LogP contribution in [0.4, 0.5) is 0 Å². The molecule has 1 nitrogen and oxygen atoms in total. The van der Waals surface area contributed by atoms with Gasteiger partial charge in [0.2, 0.25) is 0 Å². The molecule has 0 amide bonds. The Kier molecular flexibility index (Phi) is 4.45. The lowest BCUT2D eigenvalue weighted by atomic mass is 9.81. The quantitative estimate of drug-likeness (QED) is 0.567. The minimum atomic E-state index is -1.52. The molecule has 0 aromatic rings. The lowest BCUT2D eigenvalue weighted by Gasteiger charge is -2.41. The molecular formula is C20H36OSi. The van der Waals surface area contributed by atoms with Gasteiger partial charge in [-0.2, -0.15) is 0 Å². The largest absolute Gasteiger partial charge is 0.414 e. The molecule has 0 spiro atoms. The molecule has 126 valence electrons. The van der Waals surface area contributed by atoms with E-state index in [9.17, 15) is 0 Å². The zero-order valence-corrected chi connectivity index (χ0v) is 15.9. The molecule has 4 aliphatic rings. The molecule has 0 saturated heterocycles. The Morgan fingerprint density at radius 2 is 1.23 bits per heavy atom. The van der Waals surface area contributed by atoms with Gasteiger partial charge in [0.25, 0.3) is 0 Å². The minimum absolute atomic E-state index is 0.648. The van der Waals surface area contributed by atoms with Gasteiger partial charge in [0.1, 0.15) is 0 Å². The van der Waals surface area contributed by atoms with Gasteiger partial charge in [-0.25, -0.2) is 0 Å². The van der Waals surface area contributed by atoms with E-state index in [0.29, 0.717) is 6.10 Å². The van der Waals surface area contributed by atoms with Crippen LogP contribution >= 0.6 is 0 Å². The monoisotopic (exact) mass is 320 g/mol. The summed E-state index contributed by atoms with van der Waals surface area (Å²) in [6, 6.07) is 0. The van der Waals surface area contributed by atoms with E-state index in [1.165, 1.54) is 77.0 Å². The van der Waals surface area contributed by atoms with Crippen molar-refractivity contribution in [3.8, 4) is 0 Å². The molecule has 4 fully saturated rings. The van der Waals surface area contributed by atoms with Crippen LogP contribution in [0.1, 0.15) is 77.0 Å². The summed E-state index contributed by atoms with van der Waals surface area (Å²) in [5.74, 6) is 4.07. The van der Waals surface area contributed by atoms with Gasteiger partial charge >= 0.3 is 0 Å². The third kappa shape index (κ3) is 2.83. The third-order valence-corrected chi connectivity index (χ3v) is 11.4. The van der Waals surface area contributed by atoms with Crippen molar-refractivity contribution in [2.75, 3.05) is 0 Å². The molecule has 0 aliphatic heterocycles. The molecular weight excluding hydrogens is 284 g/mol. The standard InChI is InChI=1S/C20H36OSi/c1-22(2,20-14-12-16-8-4-6-10-18(16)20)21-19-13-11-15-7-3-5-9-17(15)19/h15-20H,3-14H2,1-2H3. The van der Waals surface area contributed by atoms with Crippen LogP contribution in [0.15, 0.2) is 0 Å². The van der Waals surface area contributed by atoms with E-state index >= 15 is 0 Å². The molecule has 0 N–H and O–H groups in total. The predicted molar refractivity (Wildman–Crippen MR) is 95.5 cm³/mol. The van der Waals surface area contributed by atoms with E-state index in [0.717, 1.165) is 29.2 Å². The van der Waals surface area contributed by atoms with Gasteiger partial charge in [-0.1, -0.05) is 57.8 Å². The van der Waals surface area contributed by atoms with Gasteiger partial charge in [0, 0.05) is 6.10 Å². The van der Waals surface area contributed by atoms with E-state index in [1.54, 1.807) is 0 Å². The molecule has 0 aromatic heterocycles. The van der Waals surface area contributed by atoms with E-state index in [4.69, 9.17) is 4.43 Å². The van der Waals surface area contributed by atoms with E-state index in [1.807, 2.05) is 0 Å². The predicted octanol–water partition coefficient (Wildman–Crippen LogP) is 6.15. The topological polar surface area (TPSA) is 9.23 Å². The Balaban J connectivity index is 1.42. The molecule has 4 saturated carbocycles. The Morgan fingerprint density at radius 1 is 0.636 bits per heavy atom.